The van der Waals surface area contributed by atoms with Crippen molar-refractivity contribution in [1.29, 1.82) is 0 Å². The number of hydrogen-bond acceptors (Lipinski definition) is 2. The summed E-state index contributed by atoms with van der Waals surface area (Å²) in [5.74, 6) is 0. The maximum absolute atomic E-state index is 10.4. The molecule has 0 saturated carbocycles. The molecule has 0 aliphatic heterocycles. The molecule has 0 fully saturated rings. The summed E-state index contributed by atoms with van der Waals surface area (Å²) in [7, 11) is 0. The summed E-state index contributed by atoms with van der Waals surface area (Å²) in [6, 6.07) is 0. The van der Waals surface area contributed by atoms with E-state index in [1.165, 1.54) is 96.3 Å². The molecule has 0 N–H and O–H groups in total. The highest BCUT2D eigenvalue weighted by atomic mass is 16.5. The summed E-state index contributed by atoms with van der Waals surface area (Å²) in [5, 5.41) is 0. The van der Waals surface area contributed by atoms with Crippen molar-refractivity contribution in [2.45, 2.75) is 123 Å². The third-order valence-corrected chi connectivity index (χ3v) is 4.57. The SMILES string of the molecule is CCCCCCCCCCCCCCCCCCOC(C)C=O. The second-order valence-corrected chi connectivity index (χ2v) is 7.02. The average molecular weight is 327 g/mol. The zero-order chi connectivity index (χ0) is 17.0. The molecule has 0 aromatic rings. The highest BCUT2D eigenvalue weighted by Crippen LogP contribution is 2.13. The molecule has 2 nitrogen and oxygen atoms in total. The Hall–Kier alpha value is -0.370. The van der Waals surface area contributed by atoms with E-state index in [0.29, 0.717) is 0 Å². The molecular formula is C21H42O2. The van der Waals surface area contributed by atoms with Crippen LogP contribution in [0.15, 0.2) is 0 Å². The van der Waals surface area contributed by atoms with Gasteiger partial charge in [0.15, 0.2) is 0 Å². The first-order chi connectivity index (χ1) is 11.3. The highest BCUT2D eigenvalue weighted by Gasteiger charge is 1.98. The van der Waals surface area contributed by atoms with Gasteiger partial charge in [0.25, 0.3) is 0 Å². The van der Waals surface area contributed by atoms with Crippen molar-refractivity contribution in [3.63, 3.8) is 0 Å². The van der Waals surface area contributed by atoms with E-state index in [1.807, 2.05) is 0 Å². The van der Waals surface area contributed by atoms with E-state index in [4.69, 9.17) is 4.74 Å². The Balaban J connectivity index is 2.99. The van der Waals surface area contributed by atoms with Gasteiger partial charge in [-0.25, -0.2) is 0 Å². The van der Waals surface area contributed by atoms with Crippen molar-refractivity contribution in [3.05, 3.63) is 0 Å². The lowest BCUT2D eigenvalue weighted by Crippen LogP contribution is -2.09. The Kier molecular flexibility index (Phi) is 19.4. The minimum Gasteiger partial charge on any atom is -0.371 e. The van der Waals surface area contributed by atoms with Crippen molar-refractivity contribution < 1.29 is 9.53 Å². The molecule has 0 amide bonds. The molecule has 0 radical (unpaired) electrons. The van der Waals surface area contributed by atoms with Crippen molar-refractivity contribution in [1.82, 2.24) is 0 Å². The lowest BCUT2D eigenvalue weighted by molar-refractivity contribution is -0.117. The van der Waals surface area contributed by atoms with Crippen LogP contribution in [0.4, 0.5) is 0 Å². The molecule has 0 heterocycles. The minimum absolute atomic E-state index is 0.230. The van der Waals surface area contributed by atoms with Gasteiger partial charge < -0.3 is 9.53 Å². The van der Waals surface area contributed by atoms with Crippen molar-refractivity contribution in [2.75, 3.05) is 6.61 Å². The first-order valence-electron chi connectivity index (χ1n) is 10.4. The van der Waals surface area contributed by atoms with Gasteiger partial charge in [0, 0.05) is 6.61 Å². The van der Waals surface area contributed by atoms with E-state index in [1.54, 1.807) is 6.92 Å². The lowest BCUT2D eigenvalue weighted by atomic mass is 10.0. The Morgan fingerprint density at radius 1 is 0.652 bits per heavy atom. The fourth-order valence-electron chi connectivity index (χ4n) is 2.96. The topological polar surface area (TPSA) is 26.3 Å². The summed E-state index contributed by atoms with van der Waals surface area (Å²) >= 11 is 0. The monoisotopic (exact) mass is 326 g/mol. The molecule has 0 aliphatic carbocycles. The second kappa shape index (κ2) is 19.7. The summed E-state index contributed by atoms with van der Waals surface area (Å²) in [4.78, 5) is 10.4. The molecular weight excluding hydrogens is 284 g/mol. The first kappa shape index (κ1) is 22.6. The van der Waals surface area contributed by atoms with Gasteiger partial charge in [-0.1, -0.05) is 103 Å². The molecule has 1 unspecified atom stereocenters. The largest absolute Gasteiger partial charge is 0.371 e. The standard InChI is InChI=1S/C21H42O2/c1-3-4-5-6-7-8-9-10-11-12-13-14-15-16-17-18-19-23-21(2)20-22/h20-21H,3-19H2,1-2H3. The van der Waals surface area contributed by atoms with Crippen LogP contribution in [0.3, 0.4) is 0 Å². The van der Waals surface area contributed by atoms with E-state index in [-0.39, 0.29) is 6.10 Å². The van der Waals surface area contributed by atoms with Gasteiger partial charge in [-0.15, -0.1) is 0 Å². The smallest absolute Gasteiger partial charge is 0.148 e. The molecule has 0 aromatic carbocycles. The fraction of sp³-hybridized carbons (Fsp3) is 0.952. The van der Waals surface area contributed by atoms with Gasteiger partial charge in [-0.2, -0.15) is 0 Å². The zero-order valence-electron chi connectivity index (χ0n) is 16.0. The van der Waals surface area contributed by atoms with Crippen molar-refractivity contribution in [2.24, 2.45) is 0 Å². The molecule has 1 atom stereocenters. The molecule has 0 saturated heterocycles. The molecule has 23 heavy (non-hydrogen) atoms. The summed E-state index contributed by atoms with van der Waals surface area (Å²) < 4.78 is 5.34. The Bertz CT molecular complexity index is 228. The molecule has 0 spiro atoms. The summed E-state index contributed by atoms with van der Waals surface area (Å²) in [5.41, 5.74) is 0. The van der Waals surface area contributed by atoms with Crippen LogP contribution in [0, 0.1) is 0 Å². The zero-order valence-corrected chi connectivity index (χ0v) is 16.0. The van der Waals surface area contributed by atoms with Crippen LogP contribution in [0.1, 0.15) is 117 Å². The Morgan fingerprint density at radius 3 is 1.35 bits per heavy atom. The number of rotatable bonds is 19. The Labute approximate surface area is 145 Å². The quantitative estimate of drug-likeness (QED) is 0.191. The third-order valence-electron chi connectivity index (χ3n) is 4.57. The molecule has 0 aliphatic rings. The van der Waals surface area contributed by atoms with E-state index in [9.17, 15) is 4.79 Å². The maximum atomic E-state index is 10.4. The average Bonchev–Trinajstić information content (AvgIpc) is 2.57. The van der Waals surface area contributed by atoms with Gasteiger partial charge in [0.1, 0.15) is 12.4 Å². The van der Waals surface area contributed by atoms with Gasteiger partial charge >= 0.3 is 0 Å². The molecule has 0 aromatic heterocycles. The molecule has 0 bridgehead atoms. The van der Waals surface area contributed by atoms with Crippen molar-refractivity contribution in [3.8, 4) is 0 Å². The fourth-order valence-corrected chi connectivity index (χ4v) is 2.96. The lowest BCUT2D eigenvalue weighted by Gasteiger charge is -2.06. The van der Waals surface area contributed by atoms with E-state index >= 15 is 0 Å². The van der Waals surface area contributed by atoms with Crippen LogP contribution in [0.2, 0.25) is 0 Å². The highest BCUT2D eigenvalue weighted by molar-refractivity contribution is 5.55. The predicted octanol–water partition coefficient (Wildman–Crippen LogP) is 6.85. The number of carbonyl (C=O) groups excluding carboxylic acids is 1. The molecule has 138 valence electrons. The van der Waals surface area contributed by atoms with Gasteiger partial charge in [0.2, 0.25) is 0 Å². The summed E-state index contributed by atoms with van der Waals surface area (Å²) in [6.07, 6.45) is 22.8. The van der Waals surface area contributed by atoms with Gasteiger partial charge in [0.05, 0.1) is 0 Å². The van der Waals surface area contributed by atoms with Crippen LogP contribution in [0.5, 0.6) is 0 Å². The van der Waals surface area contributed by atoms with E-state index < -0.39 is 0 Å². The third kappa shape index (κ3) is 19.6. The number of hydrogen-bond donors (Lipinski definition) is 0. The second-order valence-electron chi connectivity index (χ2n) is 7.02. The van der Waals surface area contributed by atoms with Crippen LogP contribution >= 0.6 is 0 Å². The van der Waals surface area contributed by atoms with Crippen LogP contribution in [-0.2, 0) is 9.53 Å². The normalized spacial score (nSPS) is 12.4. The van der Waals surface area contributed by atoms with Crippen LogP contribution in [-0.4, -0.2) is 19.0 Å². The van der Waals surface area contributed by atoms with Gasteiger partial charge in [-0.3, -0.25) is 0 Å². The summed E-state index contributed by atoms with van der Waals surface area (Å²) in [6.45, 7) is 4.82. The van der Waals surface area contributed by atoms with E-state index in [2.05, 4.69) is 6.92 Å². The molecule has 2 heteroatoms. The first-order valence-corrected chi connectivity index (χ1v) is 10.4. The number of unbranched alkanes of at least 4 members (excludes halogenated alkanes) is 15. The molecule has 0 rings (SSSR count). The van der Waals surface area contributed by atoms with Crippen LogP contribution in [0.25, 0.3) is 0 Å². The minimum atomic E-state index is -0.230. The Morgan fingerprint density at radius 2 is 1.00 bits per heavy atom. The van der Waals surface area contributed by atoms with Crippen LogP contribution < -0.4 is 0 Å². The van der Waals surface area contributed by atoms with E-state index in [0.717, 1.165) is 19.3 Å². The number of aldehydes is 1. The van der Waals surface area contributed by atoms with Gasteiger partial charge in [-0.05, 0) is 13.3 Å². The number of ether oxygens (including phenoxy) is 1. The maximum Gasteiger partial charge on any atom is 0.148 e. The van der Waals surface area contributed by atoms with Crippen molar-refractivity contribution >= 4 is 6.29 Å². The number of carbonyl (C=O) groups is 1. The predicted molar refractivity (Wildman–Crippen MR) is 101 cm³/mol.